The lowest BCUT2D eigenvalue weighted by Crippen LogP contribution is -1.98. The molecule has 0 unspecified atom stereocenters. The van der Waals surface area contributed by atoms with Crippen molar-refractivity contribution < 1.29 is 4.74 Å². The molecule has 1 aromatic heterocycles. The fourth-order valence-electron chi connectivity index (χ4n) is 2.28. The molecule has 3 rings (SSSR count). The van der Waals surface area contributed by atoms with Gasteiger partial charge in [-0.25, -0.2) is 0 Å². The number of hydrogen-bond donors (Lipinski definition) is 0. The second kappa shape index (κ2) is 6.71. The number of hydrogen-bond acceptors (Lipinski definition) is 2. The monoisotopic (exact) mass is 324 g/mol. The summed E-state index contributed by atoms with van der Waals surface area (Å²) >= 11 is 6.23. The second-order valence-electron chi connectivity index (χ2n) is 5.19. The van der Waals surface area contributed by atoms with E-state index >= 15 is 0 Å². The number of rotatable bonds is 4. The van der Waals surface area contributed by atoms with Crippen molar-refractivity contribution in [3.8, 4) is 11.4 Å². The molecule has 0 atom stereocenters. The minimum absolute atomic E-state index is 0.759. The quantitative estimate of drug-likeness (QED) is 0.606. The summed E-state index contributed by atoms with van der Waals surface area (Å²) in [5.74, 6) is 0.821. The number of aliphatic imine (C=N–C) groups is 1. The van der Waals surface area contributed by atoms with Gasteiger partial charge in [0.2, 0.25) is 0 Å². The van der Waals surface area contributed by atoms with E-state index in [0.29, 0.717) is 0 Å². The lowest BCUT2D eigenvalue weighted by Gasteiger charge is -2.08. The fourth-order valence-corrected chi connectivity index (χ4v) is 2.45. The average Bonchev–Trinajstić information content (AvgIpc) is 3.04. The highest BCUT2D eigenvalue weighted by Gasteiger charge is 2.03. The molecular formula is C19H17ClN2O. The van der Waals surface area contributed by atoms with Crippen molar-refractivity contribution in [3.63, 3.8) is 0 Å². The molecule has 4 heteroatoms. The van der Waals surface area contributed by atoms with Crippen LogP contribution >= 0.6 is 11.6 Å². The van der Waals surface area contributed by atoms with Crippen LogP contribution in [0, 0.1) is 6.92 Å². The molecule has 0 radical (unpaired) electrons. The third-order valence-corrected chi connectivity index (χ3v) is 4.04. The molecule has 0 saturated carbocycles. The fraction of sp³-hybridized carbons (Fsp3) is 0.105. The molecule has 3 aromatic rings. The van der Waals surface area contributed by atoms with E-state index in [2.05, 4.69) is 9.56 Å². The molecule has 0 bridgehead atoms. The molecular weight excluding hydrogens is 308 g/mol. The summed E-state index contributed by atoms with van der Waals surface area (Å²) in [6.07, 6.45) is 3.84. The minimum Gasteiger partial charge on any atom is -0.497 e. The van der Waals surface area contributed by atoms with Gasteiger partial charge in [0.15, 0.2) is 0 Å². The van der Waals surface area contributed by atoms with Crippen molar-refractivity contribution in [1.82, 2.24) is 4.57 Å². The van der Waals surface area contributed by atoms with Gasteiger partial charge in [0.1, 0.15) is 5.75 Å². The van der Waals surface area contributed by atoms with Gasteiger partial charge in [0.25, 0.3) is 0 Å². The Hall–Kier alpha value is -2.52. The van der Waals surface area contributed by atoms with Crippen LogP contribution in [-0.2, 0) is 0 Å². The van der Waals surface area contributed by atoms with Crippen molar-refractivity contribution in [3.05, 3.63) is 77.1 Å². The van der Waals surface area contributed by atoms with Gasteiger partial charge in [-0.15, -0.1) is 0 Å². The zero-order valence-corrected chi connectivity index (χ0v) is 13.8. The van der Waals surface area contributed by atoms with Crippen LogP contribution in [0.5, 0.6) is 5.75 Å². The largest absolute Gasteiger partial charge is 0.497 e. The number of methoxy groups -OCH3 is 1. The van der Waals surface area contributed by atoms with E-state index in [1.54, 1.807) is 7.11 Å². The molecule has 0 fully saturated rings. The molecule has 0 amide bonds. The number of benzene rings is 2. The Bertz CT molecular complexity index is 835. The zero-order chi connectivity index (χ0) is 16.2. The summed E-state index contributed by atoms with van der Waals surface area (Å²) in [5.41, 5.74) is 3.94. The first-order valence-corrected chi connectivity index (χ1v) is 7.67. The van der Waals surface area contributed by atoms with Gasteiger partial charge in [-0.05, 0) is 61.0 Å². The number of ether oxygens (including phenoxy) is 1. The van der Waals surface area contributed by atoms with Gasteiger partial charge in [-0.3, -0.25) is 4.99 Å². The summed E-state index contributed by atoms with van der Waals surface area (Å²) in [7, 11) is 1.65. The standard InChI is InChI=1S/C19H17ClN2O/c1-14-5-8-16(12-19(14)20)22-11-3-4-17(22)13-21-15-6-9-18(23-2)10-7-15/h3-13H,1-2H3. The Balaban J connectivity index is 1.88. The van der Waals surface area contributed by atoms with E-state index in [-0.39, 0.29) is 0 Å². The summed E-state index contributed by atoms with van der Waals surface area (Å²) in [4.78, 5) is 4.52. The molecule has 23 heavy (non-hydrogen) atoms. The van der Waals surface area contributed by atoms with Crippen LogP contribution in [0.15, 0.2) is 65.8 Å². The van der Waals surface area contributed by atoms with Crippen LogP contribution in [0.25, 0.3) is 5.69 Å². The lowest BCUT2D eigenvalue weighted by atomic mass is 10.2. The number of halogens is 1. The SMILES string of the molecule is COc1ccc(N=Cc2cccn2-c2ccc(C)c(Cl)c2)cc1. The van der Waals surface area contributed by atoms with Crippen LogP contribution in [0.3, 0.4) is 0 Å². The molecule has 1 heterocycles. The summed E-state index contributed by atoms with van der Waals surface area (Å²) in [6, 6.07) is 17.7. The molecule has 0 aliphatic rings. The third kappa shape index (κ3) is 3.46. The summed E-state index contributed by atoms with van der Waals surface area (Å²) in [5, 5.41) is 0.759. The van der Waals surface area contributed by atoms with E-state index in [1.807, 2.05) is 73.9 Å². The maximum atomic E-state index is 6.23. The molecule has 0 spiro atoms. The molecule has 116 valence electrons. The van der Waals surface area contributed by atoms with E-state index in [9.17, 15) is 0 Å². The van der Waals surface area contributed by atoms with Crippen LogP contribution in [0.2, 0.25) is 5.02 Å². The van der Waals surface area contributed by atoms with Gasteiger partial charge >= 0.3 is 0 Å². The third-order valence-electron chi connectivity index (χ3n) is 3.63. The van der Waals surface area contributed by atoms with Crippen molar-refractivity contribution in [1.29, 1.82) is 0 Å². The maximum absolute atomic E-state index is 6.23. The van der Waals surface area contributed by atoms with Gasteiger partial charge in [0.05, 0.1) is 24.7 Å². The Morgan fingerprint density at radius 1 is 1.09 bits per heavy atom. The summed E-state index contributed by atoms with van der Waals surface area (Å²) in [6.45, 7) is 1.99. The lowest BCUT2D eigenvalue weighted by molar-refractivity contribution is 0.415. The van der Waals surface area contributed by atoms with Gasteiger partial charge < -0.3 is 9.30 Å². The van der Waals surface area contributed by atoms with Crippen molar-refractivity contribution in [2.24, 2.45) is 4.99 Å². The predicted molar refractivity (Wildman–Crippen MR) is 95.8 cm³/mol. The Morgan fingerprint density at radius 2 is 1.87 bits per heavy atom. The highest BCUT2D eigenvalue weighted by Crippen LogP contribution is 2.21. The zero-order valence-electron chi connectivity index (χ0n) is 13.0. The second-order valence-corrected chi connectivity index (χ2v) is 5.60. The number of aryl methyl sites for hydroxylation is 1. The first kappa shape index (κ1) is 15.4. The van der Waals surface area contributed by atoms with Crippen molar-refractivity contribution in [2.45, 2.75) is 6.92 Å². The minimum atomic E-state index is 0.759. The van der Waals surface area contributed by atoms with Crippen LogP contribution < -0.4 is 4.74 Å². The Morgan fingerprint density at radius 3 is 2.57 bits per heavy atom. The number of aromatic nitrogens is 1. The van der Waals surface area contributed by atoms with Gasteiger partial charge in [-0.1, -0.05) is 17.7 Å². The van der Waals surface area contributed by atoms with E-state index in [4.69, 9.17) is 16.3 Å². The van der Waals surface area contributed by atoms with Crippen molar-refractivity contribution >= 4 is 23.5 Å². The highest BCUT2D eigenvalue weighted by molar-refractivity contribution is 6.31. The smallest absolute Gasteiger partial charge is 0.119 e. The van der Waals surface area contributed by atoms with Crippen molar-refractivity contribution in [2.75, 3.05) is 7.11 Å². The van der Waals surface area contributed by atoms with Gasteiger partial charge in [0, 0.05) is 16.9 Å². The molecule has 2 aromatic carbocycles. The van der Waals surface area contributed by atoms with Crippen LogP contribution in [-0.4, -0.2) is 17.9 Å². The molecule has 0 aliphatic heterocycles. The molecule has 3 nitrogen and oxygen atoms in total. The van der Waals surface area contributed by atoms with Crippen LogP contribution in [0.4, 0.5) is 5.69 Å². The van der Waals surface area contributed by atoms with Gasteiger partial charge in [-0.2, -0.15) is 0 Å². The Labute approximate surface area is 140 Å². The highest BCUT2D eigenvalue weighted by atomic mass is 35.5. The summed E-state index contributed by atoms with van der Waals surface area (Å²) < 4.78 is 7.20. The Kier molecular flexibility index (Phi) is 4.49. The maximum Gasteiger partial charge on any atom is 0.119 e. The average molecular weight is 325 g/mol. The molecule has 0 saturated heterocycles. The van der Waals surface area contributed by atoms with E-state index in [0.717, 1.165) is 33.4 Å². The van der Waals surface area contributed by atoms with E-state index < -0.39 is 0 Å². The first-order chi connectivity index (χ1) is 11.2. The first-order valence-electron chi connectivity index (χ1n) is 7.29. The normalized spacial score (nSPS) is 11.1. The molecule has 0 aliphatic carbocycles. The number of nitrogens with zero attached hydrogens (tertiary/aromatic N) is 2. The van der Waals surface area contributed by atoms with E-state index in [1.165, 1.54) is 0 Å². The topological polar surface area (TPSA) is 26.5 Å². The van der Waals surface area contributed by atoms with Crippen LogP contribution in [0.1, 0.15) is 11.3 Å². The predicted octanol–water partition coefficient (Wildman–Crippen LogP) is 5.20. The molecule has 0 N–H and O–H groups in total.